The first-order chi connectivity index (χ1) is 12.6. The van der Waals surface area contributed by atoms with Gasteiger partial charge in [0.1, 0.15) is 12.1 Å². The molecule has 2 aromatic heterocycles. The summed E-state index contributed by atoms with van der Waals surface area (Å²) in [5.74, 6) is -0.153. The first-order valence-corrected chi connectivity index (χ1v) is 8.44. The number of hydrogen-bond acceptors (Lipinski definition) is 3. The molecule has 1 atom stereocenters. The molecule has 0 saturated carbocycles. The van der Waals surface area contributed by atoms with Crippen LogP contribution in [0.2, 0.25) is 0 Å². The van der Waals surface area contributed by atoms with E-state index >= 15 is 0 Å². The maximum absolute atomic E-state index is 12.6. The lowest BCUT2D eigenvalue weighted by Crippen LogP contribution is -2.30. The smallest absolute Gasteiger partial charge is 0.288 e. The highest BCUT2D eigenvalue weighted by atomic mass is 16.2. The molecule has 0 saturated heterocycles. The number of nitrogens with one attached hydrogen (secondary N) is 2. The van der Waals surface area contributed by atoms with Gasteiger partial charge in [0.25, 0.3) is 5.56 Å². The summed E-state index contributed by atoms with van der Waals surface area (Å²) in [7, 11) is 0. The quantitative estimate of drug-likeness (QED) is 0.596. The second kappa shape index (κ2) is 6.48. The normalized spacial score (nSPS) is 12.3. The molecule has 2 heterocycles. The second-order valence-electron chi connectivity index (χ2n) is 6.26. The van der Waals surface area contributed by atoms with Crippen LogP contribution in [0.5, 0.6) is 0 Å². The number of hydrogen-bond donors (Lipinski definition) is 2. The Morgan fingerprint density at radius 3 is 2.65 bits per heavy atom. The maximum Gasteiger partial charge on any atom is 0.288 e. The number of benzene rings is 2. The lowest BCUT2D eigenvalue weighted by atomic mass is 10.1. The van der Waals surface area contributed by atoms with E-state index in [-0.39, 0.29) is 24.1 Å². The summed E-state index contributed by atoms with van der Waals surface area (Å²) in [6, 6.07) is 17.3. The molecule has 1 amide bonds. The van der Waals surface area contributed by atoms with Crippen molar-refractivity contribution in [2.45, 2.75) is 19.5 Å². The van der Waals surface area contributed by atoms with Crippen LogP contribution >= 0.6 is 0 Å². The summed E-state index contributed by atoms with van der Waals surface area (Å²) in [6.45, 7) is 2.00. The van der Waals surface area contributed by atoms with Gasteiger partial charge in [0.2, 0.25) is 5.91 Å². The van der Waals surface area contributed by atoms with E-state index < -0.39 is 0 Å². The first kappa shape index (κ1) is 16.1. The Labute approximate surface area is 149 Å². The van der Waals surface area contributed by atoms with Crippen LogP contribution in [-0.4, -0.2) is 20.7 Å². The molecule has 4 aromatic rings. The second-order valence-corrected chi connectivity index (χ2v) is 6.26. The van der Waals surface area contributed by atoms with E-state index in [1.54, 1.807) is 10.8 Å². The third-order valence-electron chi connectivity index (χ3n) is 4.56. The molecule has 130 valence electrons. The Hall–Kier alpha value is -3.41. The van der Waals surface area contributed by atoms with Gasteiger partial charge in [-0.3, -0.25) is 9.59 Å². The van der Waals surface area contributed by atoms with Gasteiger partial charge in [0, 0.05) is 16.3 Å². The highest BCUT2D eigenvalue weighted by molar-refractivity contribution is 6.07. The molecular formula is C20H18N4O2. The predicted octanol–water partition coefficient (Wildman–Crippen LogP) is 2.76. The molecule has 0 aliphatic rings. The van der Waals surface area contributed by atoms with Gasteiger partial charge >= 0.3 is 0 Å². The molecule has 0 radical (unpaired) electrons. The lowest BCUT2D eigenvalue weighted by Gasteiger charge is -2.15. The molecule has 2 N–H and O–H groups in total. The molecule has 0 bridgehead atoms. The summed E-state index contributed by atoms with van der Waals surface area (Å²) in [5, 5.41) is 11.0. The van der Waals surface area contributed by atoms with E-state index in [9.17, 15) is 9.59 Å². The van der Waals surface area contributed by atoms with Crippen LogP contribution in [-0.2, 0) is 11.3 Å². The number of rotatable bonds is 4. The van der Waals surface area contributed by atoms with Gasteiger partial charge in [-0.25, -0.2) is 5.10 Å². The molecule has 0 aliphatic carbocycles. The minimum Gasteiger partial charge on any atom is -0.348 e. The van der Waals surface area contributed by atoms with E-state index in [1.807, 2.05) is 61.5 Å². The van der Waals surface area contributed by atoms with Crippen LogP contribution in [0.1, 0.15) is 18.5 Å². The van der Waals surface area contributed by atoms with Crippen molar-refractivity contribution in [1.82, 2.24) is 20.1 Å². The van der Waals surface area contributed by atoms with Crippen LogP contribution in [0, 0.1) is 0 Å². The highest BCUT2D eigenvalue weighted by Gasteiger charge is 2.17. The summed E-state index contributed by atoms with van der Waals surface area (Å²) in [5.41, 5.74) is 2.03. The average Bonchev–Trinajstić information content (AvgIpc) is 2.98. The molecule has 0 aliphatic heterocycles. The van der Waals surface area contributed by atoms with Crippen LogP contribution in [0.4, 0.5) is 0 Å². The topological polar surface area (TPSA) is 79.8 Å². The Kier molecular flexibility index (Phi) is 4.01. The molecule has 0 unspecified atom stereocenters. The molecule has 0 fully saturated rings. The van der Waals surface area contributed by atoms with E-state index in [4.69, 9.17) is 0 Å². The van der Waals surface area contributed by atoms with Gasteiger partial charge in [-0.1, -0.05) is 48.5 Å². The van der Waals surface area contributed by atoms with E-state index in [2.05, 4.69) is 15.5 Å². The number of nitrogens with zero attached hydrogens (tertiary/aromatic N) is 2. The number of H-pyrrole nitrogens is 1. The third kappa shape index (κ3) is 2.75. The Bertz CT molecular complexity index is 1140. The van der Waals surface area contributed by atoms with Gasteiger partial charge in [-0.2, -0.15) is 5.10 Å². The van der Waals surface area contributed by atoms with E-state index in [0.29, 0.717) is 5.52 Å². The zero-order valence-electron chi connectivity index (χ0n) is 14.3. The van der Waals surface area contributed by atoms with Crippen molar-refractivity contribution in [2.24, 2.45) is 0 Å². The SMILES string of the molecule is C[C@H](NC(=O)Cn1c2ccccc2c2cn[nH]c(=O)c21)c1ccccc1. The number of amides is 1. The Balaban J connectivity index is 1.70. The summed E-state index contributed by atoms with van der Waals surface area (Å²) >= 11 is 0. The van der Waals surface area contributed by atoms with E-state index in [0.717, 1.165) is 21.9 Å². The van der Waals surface area contributed by atoms with Crippen molar-refractivity contribution in [3.8, 4) is 0 Å². The van der Waals surface area contributed by atoms with Crippen LogP contribution in [0.15, 0.2) is 65.6 Å². The van der Waals surface area contributed by atoms with Gasteiger partial charge in [-0.05, 0) is 18.6 Å². The zero-order chi connectivity index (χ0) is 18.1. The Morgan fingerprint density at radius 2 is 1.85 bits per heavy atom. The Morgan fingerprint density at radius 1 is 1.12 bits per heavy atom. The monoisotopic (exact) mass is 346 g/mol. The number of fused-ring (bicyclic) bond motifs is 3. The number of aromatic amines is 1. The number of para-hydroxylation sites is 1. The van der Waals surface area contributed by atoms with Crippen molar-refractivity contribution in [2.75, 3.05) is 0 Å². The number of aromatic nitrogens is 3. The standard InChI is InChI=1S/C20H18N4O2/c1-13(14-7-3-2-4-8-14)22-18(25)12-24-17-10-6-5-9-15(17)16-11-21-23-20(26)19(16)24/h2-11,13H,12H2,1H3,(H,22,25)(H,23,26)/t13-/m0/s1. The largest absolute Gasteiger partial charge is 0.348 e. The minimum atomic E-state index is -0.303. The zero-order valence-corrected chi connectivity index (χ0v) is 14.3. The summed E-state index contributed by atoms with van der Waals surface area (Å²) in [4.78, 5) is 25.0. The van der Waals surface area contributed by atoms with Gasteiger partial charge in [0.05, 0.1) is 12.2 Å². The fourth-order valence-electron chi connectivity index (χ4n) is 3.33. The molecule has 4 rings (SSSR count). The van der Waals surface area contributed by atoms with Crippen LogP contribution in [0.3, 0.4) is 0 Å². The van der Waals surface area contributed by atoms with Crippen molar-refractivity contribution in [1.29, 1.82) is 0 Å². The average molecular weight is 346 g/mol. The number of carbonyl (C=O) groups is 1. The fourth-order valence-corrected chi connectivity index (χ4v) is 3.33. The van der Waals surface area contributed by atoms with Gasteiger partial charge in [0.15, 0.2) is 0 Å². The lowest BCUT2D eigenvalue weighted by molar-refractivity contribution is -0.122. The molecule has 26 heavy (non-hydrogen) atoms. The minimum absolute atomic E-state index is 0.0638. The highest BCUT2D eigenvalue weighted by Crippen LogP contribution is 2.25. The van der Waals surface area contributed by atoms with Crippen LogP contribution < -0.4 is 10.9 Å². The van der Waals surface area contributed by atoms with Crippen molar-refractivity contribution < 1.29 is 4.79 Å². The van der Waals surface area contributed by atoms with Crippen molar-refractivity contribution in [3.63, 3.8) is 0 Å². The summed E-state index contributed by atoms with van der Waals surface area (Å²) in [6.07, 6.45) is 1.63. The molecule has 0 spiro atoms. The molecular weight excluding hydrogens is 328 g/mol. The van der Waals surface area contributed by atoms with Crippen molar-refractivity contribution >= 4 is 27.7 Å². The molecule has 2 aromatic carbocycles. The fraction of sp³-hybridized carbons (Fsp3) is 0.150. The van der Waals surface area contributed by atoms with Gasteiger partial charge < -0.3 is 9.88 Å². The van der Waals surface area contributed by atoms with Crippen molar-refractivity contribution in [3.05, 3.63) is 76.7 Å². The van der Waals surface area contributed by atoms with E-state index in [1.165, 1.54) is 0 Å². The first-order valence-electron chi connectivity index (χ1n) is 8.44. The maximum atomic E-state index is 12.6. The number of carbonyl (C=O) groups excluding carboxylic acids is 1. The predicted molar refractivity (Wildman–Crippen MR) is 101 cm³/mol. The summed E-state index contributed by atoms with van der Waals surface area (Å²) < 4.78 is 1.75. The van der Waals surface area contributed by atoms with Gasteiger partial charge in [-0.15, -0.1) is 0 Å². The molecule has 6 nitrogen and oxygen atoms in total. The molecule has 6 heteroatoms. The third-order valence-corrected chi connectivity index (χ3v) is 4.56. The van der Waals surface area contributed by atoms with Crippen LogP contribution in [0.25, 0.3) is 21.8 Å².